The second-order valence-electron chi connectivity index (χ2n) is 8.92. The molecule has 1 aromatic heterocycles. The van der Waals surface area contributed by atoms with Crippen molar-refractivity contribution in [2.45, 2.75) is 37.6 Å². The lowest BCUT2D eigenvalue weighted by molar-refractivity contribution is -0.225. The molecule has 0 aliphatic carbocycles. The summed E-state index contributed by atoms with van der Waals surface area (Å²) in [6.07, 6.45) is -7.95. The van der Waals surface area contributed by atoms with Crippen LogP contribution in [0.5, 0.6) is 0 Å². The molecule has 10 nitrogen and oxygen atoms in total. The second kappa shape index (κ2) is 8.91. The number of nitrogens with zero attached hydrogens (tertiary/aromatic N) is 4. The van der Waals surface area contributed by atoms with Gasteiger partial charge in [0.15, 0.2) is 12.3 Å². The third-order valence-corrected chi connectivity index (χ3v) is 7.60. The molecule has 0 bridgehead atoms. The normalized spacial score (nSPS) is 29.8. The topological polar surface area (TPSA) is 129 Å². The number of para-hydroxylation sites is 2. The highest BCUT2D eigenvalue weighted by Crippen LogP contribution is 2.47. The quantitative estimate of drug-likeness (QED) is 0.483. The van der Waals surface area contributed by atoms with Crippen molar-refractivity contribution in [1.82, 2.24) is 9.80 Å². The van der Waals surface area contributed by atoms with Crippen molar-refractivity contribution in [2.75, 3.05) is 38.1 Å². The number of anilines is 2. The smallest absolute Gasteiger partial charge is 0.335 e. The van der Waals surface area contributed by atoms with Gasteiger partial charge in [0.2, 0.25) is 0 Å². The number of aliphatic hydroxyl groups excluding tert-OH is 3. The molecule has 0 unspecified atom stereocenters. The van der Waals surface area contributed by atoms with Gasteiger partial charge in [0, 0.05) is 31.1 Å². The highest BCUT2D eigenvalue weighted by molar-refractivity contribution is 7.16. The molecule has 2 fully saturated rings. The van der Waals surface area contributed by atoms with E-state index in [1.807, 2.05) is 37.3 Å². The largest absolute Gasteiger partial charge is 0.479 e. The van der Waals surface area contributed by atoms with Crippen molar-refractivity contribution in [3.63, 3.8) is 0 Å². The molecule has 0 radical (unpaired) electrons. The van der Waals surface area contributed by atoms with Gasteiger partial charge in [0.1, 0.15) is 29.1 Å². The molecule has 0 spiro atoms. The minimum absolute atomic E-state index is 0.617. The van der Waals surface area contributed by atoms with Gasteiger partial charge < -0.3 is 39.9 Å². The van der Waals surface area contributed by atoms with E-state index in [2.05, 4.69) is 16.8 Å². The number of likely N-dealkylation sites (N-methyl/N-ethyl adjacent to an activating group) is 1. The van der Waals surface area contributed by atoms with Gasteiger partial charge in [-0.05, 0) is 32.2 Å². The minimum Gasteiger partial charge on any atom is -0.479 e. The zero-order chi connectivity index (χ0) is 24.1. The van der Waals surface area contributed by atoms with Crippen LogP contribution >= 0.6 is 11.3 Å². The van der Waals surface area contributed by atoms with Crippen molar-refractivity contribution in [2.24, 2.45) is 4.99 Å². The highest BCUT2D eigenvalue weighted by atomic mass is 32.1. The van der Waals surface area contributed by atoms with Crippen LogP contribution in [0.3, 0.4) is 0 Å². The number of thiophene rings is 1. The number of fused-ring (bicyclic) bond motifs is 2. The lowest BCUT2D eigenvalue weighted by Crippen LogP contribution is -2.63. The molecule has 4 N–H and O–H groups in total. The van der Waals surface area contributed by atoms with E-state index in [1.165, 1.54) is 11.3 Å². The summed E-state index contributed by atoms with van der Waals surface area (Å²) < 4.78 is 5.76. The van der Waals surface area contributed by atoms with Gasteiger partial charge in [-0.25, -0.2) is 9.79 Å². The fraction of sp³-hybridized carbons (Fsp3) is 0.478. The third kappa shape index (κ3) is 3.88. The van der Waals surface area contributed by atoms with Crippen LogP contribution in [0.4, 0.5) is 16.4 Å². The fourth-order valence-corrected chi connectivity index (χ4v) is 5.72. The van der Waals surface area contributed by atoms with E-state index < -0.39 is 36.6 Å². The molecule has 0 saturated carbocycles. The number of hydrogen-bond acceptors (Lipinski definition) is 10. The van der Waals surface area contributed by atoms with Gasteiger partial charge in [0.05, 0.1) is 16.9 Å². The number of carboxylic acid groups (broad SMARTS) is 1. The van der Waals surface area contributed by atoms with Gasteiger partial charge in [-0.1, -0.05) is 12.1 Å². The van der Waals surface area contributed by atoms with Crippen molar-refractivity contribution < 1.29 is 30.0 Å². The van der Waals surface area contributed by atoms with Crippen molar-refractivity contribution in [3.05, 3.63) is 40.8 Å². The number of benzene rings is 1. The Morgan fingerprint density at radius 2 is 1.79 bits per heavy atom. The Labute approximate surface area is 200 Å². The van der Waals surface area contributed by atoms with Gasteiger partial charge in [-0.2, -0.15) is 0 Å². The zero-order valence-corrected chi connectivity index (χ0v) is 19.7. The Hall–Kier alpha value is -2.54. The number of aliphatic carboxylic acids is 1. The summed E-state index contributed by atoms with van der Waals surface area (Å²) in [5.41, 5.74) is 2.11. The molecule has 34 heavy (non-hydrogen) atoms. The molecule has 2 aromatic rings. The number of aliphatic hydroxyl groups is 3. The third-order valence-electron chi connectivity index (χ3n) is 6.55. The molecule has 4 heterocycles. The lowest BCUT2D eigenvalue weighted by Gasteiger charge is -2.44. The first-order valence-electron chi connectivity index (χ1n) is 11.2. The molecule has 11 heteroatoms. The second-order valence-corrected chi connectivity index (χ2v) is 10.2. The number of aryl methyl sites for hydroxylation is 1. The monoisotopic (exact) mass is 488 g/mol. The standard InChI is InChI=1S/C23H28N4O6S/c1-12-11-13-20(26-9-7-25(2)8-10-26)24-14-5-3-4-6-15(14)27(22(13)34-12)21-18(30)16(28)17(29)19(33-21)23(31)32/h3-6,11,16-19,21,28-30H,7-10H2,1-2H3,(H,31,32)/t16-,17+,18-,19-,21+/m0/s1. The first-order chi connectivity index (χ1) is 16.3. The Morgan fingerprint density at radius 3 is 2.50 bits per heavy atom. The molecule has 5 rings (SSSR count). The van der Waals surface area contributed by atoms with E-state index >= 15 is 0 Å². The molecule has 3 aliphatic heterocycles. The summed E-state index contributed by atoms with van der Waals surface area (Å²) in [5, 5.41) is 42.0. The van der Waals surface area contributed by atoms with Crippen LogP contribution in [0.15, 0.2) is 35.3 Å². The van der Waals surface area contributed by atoms with Crippen molar-refractivity contribution >= 4 is 39.5 Å². The van der Waals surface area contributed by atoms with Crippen LogP contribution in [-0.2, 0) is 9.53 Å². The predicted molar refractivity (Wildman–Crippen MR) is 127 cm³/mol. The van der Waals surface area contributed by atoms with Crippen LogP contribution in [0.1, 0.15) is 10.4 Å². The molecule has 2 saturated heterocycles. The fourth-order valence-electron chi connectivity index (χ4n) is 4.68. The van der Waals surface area contributed by atoms with E-state index in [1.54, 1.807) is 4.90 Å². The number of ether oxygens (including phenoxy) is 1. The number of carboxylic acids is 1. The minimum atomic E-state index is -1.76. The molecular weight excluding hydrogens is 460 g/mol. The van der Waals surface area contributed by atoms with Crippen molar-refractivity contribution in [1.29, 1.82) is 0 Å². The number of carbonyl (C=O) groups is 1. The SMILES string of the molecule is Cc1cc2c(s1)N([C@@H]1O[C@H](C(=O)O)[C@H](O)[C@H](O)[C@@H]1O)c1ccccc1N=C2N1CCN(C)CC1. The predicted octanol–water partition coefficient (Wildman–Crippen LogP) is 0.726. The number of hydrogen-bond donors (Lipinski definition) is 4. The molecule has 0 amide bonds. The van der Waals surface area contributed by atoms with Crippen LogP contribution in [0.25, 0.3) is 0 Å². The maximum atomic E-state index is 11.8. The van der Waals surface area contributed by atoms with Crippen molar-refractivity contribution in [3.8, 4) is 0 Å². The molecular formula is C23H28N4O6S. The summed E-state index contributed by atoms with van der Waals surface area (Å²) >= 11 is 1.48. The van der Waals surface area contributed by atoms with E-state index in [4.69, 9.17) is 9.73 Å². The zero-order valence-electron chi connectivity index (χ0n) is 18.9. The summed E-state index contributed by atoms with van der Waals surface area (Å²) in [5.74, 6) is -0.605. The van der Waals surface area contributed by atoms with Crippen LogP contribution in [0.2, 0.25) is 0 Å². The summed E-state index contributed by atoms with van der Waals surface area (Å²) in [7, 11) is 2.09. The van der Waals surface area contributed by atoms with E-state index in [0.29, 0.717) is 11.4 Å². The average molecular weight is 489 g/mol. The van der Waals surface area contributed by atoms with Crippen LogP contribution in [0, 0.1) is 6.92 Å². The summed E-state index contributed by atoms with van der Waals surface area (Å²) in [6.45, 7) is 5.39. The number of rotatable bonds is 2. The summed E-state index contributed by atoms with van der Waals surface area (Å²) in [6, 6.07) is 9.41. The average Bonchev–Trinajstić information content (AvgIpc) is 3.13. The van der Waals surface area contributed by atoms with Crippen LogP contribution < -0.4 is 4.90 Å². The maximum absolute atomic E-state index is 11.8. The highest BCUT2D eigenvalue weighted by Gasteiger charge is 2.50. The number of aliphatic imine (C=N–C) groups is 1. The molecule has 182 valence electrons. The van der Waals surface area contributed by atoms with E-state index in [0.717, 1.165) is 47.5 Å². The van der Waals surface area contributed by atoms with Gasteiger partial charge in [0.25, 0.3) is 0 Å². The van der Waals surface area contributed by atoms with Gasteiger partial charge >= 0.3 is 5.97 Å². The molecule has 3 aliphatic rings. The van der Waals surface area contributed by atoms with E-state index in [-0.39, 0.29) is 0 Å². The van der Waals surface area contributed by atoms with E-state index in [9.17, 15) is 25.2 Å². The molecule has 5 atom stereocenters. The molecule has 1 aromatic carbocycles. The summed E-state index contributed by atoms with van der Waals surface area (Å²) in [4.78, 5) is 24.0. The number of amidine groups is 1. The first kappa shape index (κ1) is 23.2. The Balaban J connectivity index is 1.65. The van der Waals surface area contributed by atoms with Gasteiger partial charge in [-0.3, -0.25) is 0 Å². The van der Waals surface area contributed by atoms with Gasteiger partial charge in [-0.15, -0.1) is 11.3 Å². The number of piperazine rings is 1. The Bertz CT molecular complexity index is 1110. The Kier molecular flexibility index (Phi) is 6.09. The lowest BCUT2D eigenvalue weighted by atomic mass is 9.97. The Morgan fingerprint density at radius 1 is 1.09 bits per heavy atom. The van der Waals surface area contributed by atoms with Crippen LogP contribution in [-0.4, -0.2) is 106 Å². The maximum Gasteiger partial charge on any atom is 0.335 e. The first-order valence-corrected chi connectivity index (χ1v) is 12.0.